The lowest BCUT2D eigenvalue weighted by Gasteiger charge is -2.29. The maximum Gasteiger partial charge on any atom is 0.251 e. The van der Waals surface area contributed by atoms with Crippen molar-refractivity contribution in [2.45, 2.75) is 38.5 Å². The normalized spacial score (nSPS) is 15.2. The summed E-state index contributed by atoms with van der Waals surface area (Å²) in [5.41, 5.74) is 0.491. The fourth-order valence-corrected chi connectivity index (χ4v) is 4.74. The van der Waals surface area contributed by atoms with Gasteiger partial charge in [-0.05, 0) is 80.6 Å². The third kappa shape index (κ3) is 6.03. The Hall–Kier alpha value is -3.76. The highest BCUT2D eigenvalue weighted by Gasteiger charge is 2.47. The summed E-state index contributed by atoms with van der Waals surface area (Å²) in [5, 5.41) is 23.7. The van der Waals surface area contributed by atoms with E-state index in [9.17, 15) is 18.7 Å². The molecular weight excluding hydrogens is 522 g/mol. The second-order valence-corrected chi connectivity index (χ2v) is 9.88. The second-order valence-electron chi connectivity index (χ2n) is 9.88. The molecule has 1 aliphatic carbocycles. The maximum absolute atomic E-state index is 14.2. The van der Waals surface area contributed by atoms with Gasteiger partial charge in [-0.1, -0.05) is 0 Å². The van der Waals surface area contributed by atoms with Gasteiger partial charge in [0.25, 0.3) is 5.91 Å². The summed E-state index contributed by atoms with van der Waals surface area (Å²) in [7, 11) is 2.93. The number of nitrogens with one attached hydrogen (secondary N) is 1. The number of pyridine rings is 1. The summed E-state index contributed by atoms with van der Waals surface area (Å²) >= 11 is 0. The highest BCUT2D eigenvalue weighted by Crippen LogP contribution is 2.46. The van der Waals surface area contributed by atoms with Gasteiger partial charge in [-0.15, -0.1) is 0 Å². The number of methoxy groups -OCH3 is 2. The molecule has 0 saturated heterocycles. The van der Waals surface area contributed by atoms with Gasteiger partial charge in [0.15, 0.2) is 11.5 Å². The molecule has 3 N–H and O–H groups in total. The van der Waals surface area contributed by atoms with Crippen LogP contribution in [0, 0.1) is 18.7 Å². The zero-order valence-electron chi connectivity index (χ0n) is 23.0. The van der Waals surface area contributed by atoms with E-state index in [2.05, 4.69) is 5.32 Å². The third-order valence-electron chi connectivity index (χ3n) is 7.05. The van der Waals surface area contributed by atoms with Crippen molar-refractivity contribution in [3.8, 4) is 28.5 Å². The lowest BCUT2D eigenvalue weighted by Crippen LogP contribution is -2.43. The minimum Gasteiger partial charge on any atom is -0.494 e. The predicted octanol–water partition coefficient (Wildman–Crippen LogP) is 4.64. The number of alkyl halides is 1. The van der Waals surface area contributed by atoms with Gasteiger partial charge < -0.3 is 29.7 Å². The lowest BCUT2D eigenvalue weighted by molar-refractivity contribution is 0.00947. The largest absolute Gasteiger partial charge is 0.494 e. The van der Waals surface area contributed by atoms with Crippen LogP contribution in [0.2, 0.25) is 0 Å². The summed E-state index contributed by atoms with van der Waals surface area (Å²) in [6.45, 7) is 2.86. The second kappa shape index (κ2) is 12.2. The highest BCUT2D eigenvalue weighted by molar-refractivity contribution is 5.95. The Morgan fingerprint density at radius 2 is 1.90 bits per heavy atom. The molecule has 0 radical (unpaired) electrons. The molecule has 214 valence electrons. The van der Waals surface area contributed by atoms with Crippen LogP contribution in [0.15, 0.2) is 42.5 Å². The molecule has 40 heavy (non-hydrogen) atoms. The number of carbonyl (C=O) groups excluding carboxylic acids is 1. The van der Waals surface area contributed by atoms with Gasteiger partial charge in [0.1, 0.15) is 35.6 Å². The Balaban J connectivity index is 1.65. The molecule has 2 atom stereocenters. The number of aromatic nitrogens is 1. The van der Waals surface area contributed by atoms with Crippen LogP contribution < -0.4 is 19.5 Å². The third-order valence-corrected chi connectivity index (χ3v) is 7.05. The fraction of sp³-hybridized carbons (Fsp3) is 0.400. The molecule has 1 fully saturated rings. The number of aliphatic hydroxyl groups is 2. The van der Waals surface area contributed by atoms with Crippen molar-refractivity contribution in [3.63, 3.8) is 0 Å². The number of benzene rings is 2. The van der Waals surface area contributed by atoms with Crippen molar-refractivity contribution in [1.82, 2.24) is 10.3 Å². The average molecular weight is 557 g/mol. The van der Waals surface area contributed by atoms with Crippen molar-refractivity contribution in [1.29, 1.82) is 0 Å². The molecule has 1 heterocycles. The van der Waals surface area contributed by atoms with Gasteiger partial charge in [-0.3, -0.25) is 4.79 Å². The number of amides is 1. The topological polar surface area (TPSA) is 110 Å². The molecule has 2 aromatic carbocycles. The molecule has 1 aromatic heterocycles. The average Bonchev–Trinajstić information content (AvgIpc) is 3.80. The lowest BCUT2D eigenvalue weighted by atomic mass is 9.90. The van der Waals surface area contributed by atoms with Crippen molar-refractivity contribution < 1.29 is 38.0 Å². The summed E-state index contributed by atoms with van der Waals surface area (Å²) < 4.78 is 44.6. The number of ether oxygens (including phenoxy) is 3. The van der Waals surface area contributed by atoms with E-state index in [0.717, 1.165) is 12.8 Å². The Bertz CT molecular complexity index is 1380. The standard InChI is InChI=1S/C30H34F2N2O6/c1-17-13-26(34-27(28(17)39-4)19-5-9-23(32)22(14-19)18(2)31)30(37,21-7-8-21)16-33-29(36)20-6-10-24(40-12-11-35)25(15-20)38-3/h5-6,9-10,13-15,18,21,35,37H,7-8,11-12,16H2,1-4H3,(H,33,36). The van der Waals surface area contributed by atoms with E-state index in [1.54, 1.807) is 25.1 Å². The molecule has 4 rings (SSSR count). The molecule has 0 aliphatic heterocycles. The van der Waals surface area contributed by atoms with E-state index >= 15 is 0 Å². The molecule has 1 amide bonds. The monoisotopic (exact) mass is 556 g/mol. The number of carbonyl (C=O) groups is 1. The Morgan fingerprint density at radius 1 is 1.15 bits per heavy atom. The molecule has 10 heteroatoms. The van der Waals surface area contributed by atoms with Gasteiger partial charge in [0.05, 0.1) is 33.1 Å². The van der Waals surface area contributed by atoms with Gasteiger partial charge in [-0.25, -0.2) is 13.8 Å². The van der Waals surface area contributed by atoms with Crippen LogP contribution in [0.5, 0.6) is 17.2 Å². The zero-order valence-corrected chi connectivity index (χ0v) is 23.0. The summed E-state index contributed by atoms with van der Waals surface area (Å²) in [4.78, 5) is 17.8. The van der Waals surface area contributed by atoms with Crippen LogP contribution in [0.4, 0.5) is 8.78 Å². The molecule has 2 unspecified atom stereocenters. The van der Waals surface area contributed by atoms with E-state index in [1.807, 2.05) is 0 Å². The summed E-state index contributed by atoms with van der Waals surface area (Å²) in [6, 6.07) is 10.4. The first-order valence-corrected chi connectivity index (χ1v) is 13.0. The van der Waals surface area contributed by atoms with E-state index < -0.39 is 23.5 Å². The number of nitrogens with zero attached hydrogens (tertiary/aromatic N) is 1. The van der Waals surface area contributed by atoms with Crippen LogP contribution in [-0.2, 0) is 5.60 Å². The summed E-state index contributed by atoms with van der Waals surface area (Å²) in [5.74, 6) is -0.0925. The Morgan fingerprint density at radius 3 is 2.52 bits per heavy atom. The molecule has 3 aromatic rings. The number of rotatable bonds is 12. The van der Waals surface area contributed by atoms with Gasteiger partial charge in [0.2, 0.25) is 0 Å². The molecule has 8 nitrogen and oxygen atoms in total. The van der Waals surface area contributed by atoms with Crippen LogP contribution in [-0.4, -0.2) is 55.1 Å². The quantitative estimate of drug-likeness (QED) is 0.298. The van der Waals surface area contributed by atoms with Crippen molar-refractivity contribution in [3.05, 3.63) is 70.7 Å². The number of hydrogen-bond donors (Lipinski definition) is 3. The maximum atomic E-state index is 14.2. The smallest absolute Gasteiger partial charge is 0.251 e. The number of aliphatic hydroxyl groups excluding tert-OH is 1. The Labute approximate surface area is 231 Å². The first kappa shape index (κ1) is 29.2. The predicted molar refractivity (Wildman–Crippen MR) is 145 cm³/mol. The van der Waals surface area contributed by atoms with E-state index in [4.69, 9.17) is 24.3 Å². The molecule has 1 aliphatic rings. The van der Waals surface area contributed by atoms with Gasteiger partial charge in [0, 0.05) is 16.7 Å². The van der Waals surface area contributed by atoms with Crippen LogP contribution in [0.3, 0.4) is 0 Å². The van der Waals surface area contributed by atoms with Crippen LogP contribution in [0.25, 0.3) is 11.3 Å². The van der Waals surface area contributed by atoms with Gasteiger partial charge in [-0.2, -0.15) is 0 Å². The molecular formula is C30H34F2N2O6. The first-order valence-electron chi connectivity index (χ1n) is 13.0. The zero-order chi connectivity index (χ0) is 29.0. The minimum atomic E-state index is -1.53. The van der Waals surface area contributed by atoms with Gasteiger partial charge >= 0.3 is 0 Å². The number of aryl methyl sites for hydroxylation is 1. The fourth-order valence-electron chi connectivity index (χ4n) is 4.74. The molecule has 0 bridgehead atoms. The Kier molecular flexibility index (Phi) is 8.90. The van der Waals surface area contributed by atoms with Crippen molar-refractivity contribution in [2.24, 2.45) is 5.92 Å². The molecule has 1 saturated carbocycles. The van der Waals surface area contributed by atoms with Crippen LogP contribution in [0.1, 0.15) is 53.1 Å². The minimum absolute atomic E-state index is 0.0820. The van der Waals surface area contributed by atoms with Crippen molar-refractivity contribution in [2.75, 3.05) is 34.0 Å². The van der Waals surface area contributed by atoms with Crippen molar-refractivity contribution >= 4 is 5.91 Å². The molecule has 0 spiro atoms. The van der Waals surface area contributed by atoms with Crippen LogP contribution >= 0.6 is 0 Å². The SMILES string of the molecule is COc1cc(C(=O)NCC(O)(c2cc(C)c(OC)c(-c3ccc(F)c(C(C)F)c3)n2)C2CC2)ccc1OCCO. The summed E-state index contributed by atoms with van der Waals surface area (Å²) in [6.07, 6.45) is -0.0267. The number of halogens is 2. The van der Waals surface area contributed by atoms with E-state index in [1.165, 1.54) is 45.4 Å². The van der Waals surface area contributed by atoms with E-state index in [-0.39, 0.29) is 31.2 Å². The first-order chi connectivity index (χ1) is 19.1. The van der Waals surface area contributed by atoms with E-state index in [0.29, 0.717) is 45.3 Å². The highest BCUT2D eigenvalue weighted by atomic mass is 19.1. The number of hydrogen-bond acceptors (Lipinski definition) is 7.